The molecule has 1 aromatic carbocycles. The number of allylic oxidation sites excluding steroid dienone is 3. The third-order valence-electron chi connectivity index (χ3n) is 10.4. The van der Waals surface area contributed by atoms with Crippen LogP contribution in [0.25, 0.3) is 16.3 Å². The van der Waals surface area contributed by atoms with Gasteiger partial charge >= 0.3 is 0 Å². The molecule has 1 saturated carbocycles. The van der Waals surface area contributed by atoms with Gasteiger partial charge in [0, 0.05) is 29.0 Å². The number of aliphatic hydroxyl groups is 2. The number of anilines is 1. The Morgan fingerprint density at radius 1 is 1.14 bits per heavy atom. The van der Waals surface area contributed by atoms with Crippen molar-refractivity contribution in [3.8, 4) is 0 Å². The molecule has 7 unspecified atom stereocenters. The van der Waals surface area contributed by atoms with Gasteiger partial charge in [-0.3, -0.25) is 0 Å². The molecule has 2 bridgehead atoms. The quantitative estimate of drug-likeness (QED) is 0.573. The first-order chi connectivity index (χ1) is 17.6. The van der Waals surface area contributed by atoms with Crippen LogP contribution < -0.4 is 5.73 Å². The SMILES string of the molecule is CC1=C2C=C3C(O)C(O)C(N(C)C)CC34CCC2(O4)C2CC=C(c3ccc4cc(N)ncc4c3)C2(C)C1. The van der Waals surface area contributed by atoms with E-state index < -0.39 is 17.8 Å². The molecule has 0 radical (unpaired) electrons. The van der Waals surface area contributed by atoms with Crippen LogP contribution in [0.4, 0.5) is 5.82 Å². The number of nitrogen functional groups attached to an aromatic ring is 1. The van der Waals surface area contributed by atoms with E-state index in [1.807, 2.05) is 31.3 Å². The van der Waals surface area contributed by atoms with Gasteiger partial charge in [-0.25, -0.2) is 4.98 Å². The lowest BCUT2D eigenvalue weighted by molar-refractivity contribution is -0.162. The van der Waals surface area contributed by atoms with E-state index in [2.05, 4.69) is 49.2 Å². The first kappa shape index (κ1) is 23.6. The highest BCUT2D eigenvalue weighted by atomic mass is 16.5. The lowest BCUT2D eigenvalue weighted by atomic mass is 9.56. The van der Waals surface area contributed by atoms with Crippen molar-refractivity contribution < 1.29 is 14.9 Å². The molecule has 2 spiro atoms. The number of ether oxygens (including phenoxy) is 1. The molecule has 7 atom stereocenters. The van der Waals surface area contributed by atoms with Gasteiger partial charge in [-0.15, -0.1) is 0 Å². The third-order valence-corrected chi connectivity index (χ3v) is 10.4. The molecule has 2 fully saturated rings. The number of benzene rings is 1. The van der Waals surface area contributed by atoms with Crippen LogP contribution in [0, 0.1) is 11.3 Å². The maximum Gasteiger partial charge on any atom is 0.123 e. The van der Waals surface area contributed by atoms with E-state index in [4.69, 9.17) is 10.5 Å². The molecule has 3 aliphatic carbocycles. The predicted molar refractivity (Wildman–Crippen MR) is 146 cm³/mol. The van der Waals surface area contributed by atoms with Crippen LogP contribution in [0.1, 0.15) is 51.5 Å². The first-order valence-electron chi connectivity index (χ1n) is 13.6. The second-order valence-corrected chi connectivity index (χ2v) is 12.6. The van der Waals surface area contributed by atoms with Gasteiger partial charge < -0.3 is 25.6 Å². The summed E-state index contributed by atoms with van der Waals surface area (Å²) in [7, 11) is 3.96. The van der Waals surface area contributed by atoms with Crippen LogP contribution in [-0.4, -0.2) is 63.6 Å². The van der Waals surface area contributed by atoms with E-state index in [0.717, 1.165) is 42.0 Å². The van der Waals surface area contributed by atoms with Crippen molar-refractivity contribution in [2.75, 3.05) is 19.8 Å². The Morgan fingerprint density at radius 3 is 2.73 bits per heavy atom. The molecule has 2 aromatic rings. The second-order valence-electron chi connectivity index (χ2n) is 12.6. The lowest BCUT2D eigenvalue weighted by Crippen LogP contribution is -2.62. The largest absolute Gasteiger partial charge is 0.388 e. The number of pyridine rings is 1. The summed E-state index contributed by atoms with van der Waals surface area (Å²) < 4.78 is 7.32. The molecule has 4 N–H and O–H groups in total. The van der Waals surface area contributed by atoms with Crippen molar-refractivity contribution in [2.24, 2.45) is 11.3 Å². The average molecular weight is 500 g/mol. The van der Waals surface area contributed by atoms with Crippen LogP contribution >= 0.6 is 0 Å². The number of nitrogens with two attached hydrogens (primary N) is 1. The Labute approximate surface area is 218 Å². The molecule has 194 valence electrons. The number of fused-ring (bicyclic) bond motifs is 2. The Hall–Kier alpha value is -2.51. The molecule has 6 nitrogen and oxygen atoms in total. The van der Waals surface area contributed by atoms with E-state index >= 15 is 0 Å². The summed E-state index contributed by atoms with van der Waals surface area (Å²) in [5.74, 6) is 0.869. The summed E-state index contributed by atoms with van der Waals surface area (Å²) in [5.41, 5.74) is 11.1. The van der Waals surface area contributed by atoms with Crippen molar-refractivity contribution in [1.82, 2.24) is 9.88 Å². The van der Waals surface area contributed by atoms with Crippen molar-refractivity contribution in [3.05, 3.63) is 64.9 Å². The van der Waals surface area contributed by atoms with Gasteiger partial charge in [0.1, 0.15) is 11.9 Å². The zero-order chi connectivity index (χ0) is 25.9. The normalized spacial score (nSPS) is 40.4. The Morgan fingerprint density at radius 2 is 1.95 bits per heavy atom. The maximum atomic E-state index is 11.2. The van der Waals surface area contributed by atoms with E-state index in [1.165, 1.54) is 22.3 Å². The smallest absolute Gasteiger partial charge is 0.123 e. The van der Waals surface area contributed by atoms with Crippen LogP contribution in [0.15, 0.2) is 59.3 Å². The average Bonchev–Trinajstić information content (AvgIpc) is 3.36. The van der Waals surface area contributed by atoms with Crippen molar-refractivity contribution >= 4 is 22.2 Å². The van der Waals surface area contributed by atoms with Crippen LogP contribution in [-0.2, 0) is 4.74 Å². The fraction of sp³-hybridized carbons (Fsp3) is 0.516. The Balaban J connectivity index is 1.32. The van der Waals surface area contributed by atoms with E-state index in [-0.39, 0.29) is 17.1 Å². The molecule has 5 aliphatic rings. The number of likely N-dealkylation sites (N-methyl/N-ethyl adjacent to an activating group) is 1. The minimum absolute atomic E-state index is 0.0485. The molecular weight excluding hydrogens is 462 g/mol. The van der Waals surface area contributed by atoms with Crippen LogP contribution in [0.5, 0.6) is 0 Å². The molecule has 7 rings (SSSR count). The van der Waals surface area contributed by atoms with Gasteiger partial charge in [-0.1, -0.05) is 36.8 Å². The second kappa shape index (κ2) is 7.54. The highest BCUT2D eigenvalue weighted by molar-refractivity contribution is 5.88. The molecule has 3 heterocycles. The summed E-state index contributed by atoms with van der Waals surface area (Å²) in [5, 5.41) is 24.4. The van der Waals surface area contributed by atoms with Crippen LogP contribution in [0.3, 0.4) is 0 Å². The molecule has 37 heavy (non-hydrogen) atoms. The van der Waals surface area contributed by atoms with Gasteiger partial charge in [-0.2, -0.15) is 0 Å². The van der Waals surface area contributed by atoms with Crippen molar-refractivity contribution in [1.29, 1.82) is 0 Å². The number of rotatable bonds is 2. The number of aliphatic hydroxyl groups excluding tert-OH is 2. The van der Waals surface area contributed by atoms with E-state index in [1.54, 1.807) is 0 Å². The highest BCUT2D eigenvalue weighted by Gasteiger charge is 2.68. The molecule has 6 heteroatoms. The van der Waals surface area contributed by atoms with Gasteiger partial charge in [0.25, 0.3) is 0 Å². The van der Waals surface area contributed by atoms with Gasteiger partial charge in [0.05, 0.1) is 17.3 Å². The van der Waals surface area contributed by atoms with E-state index in [0.29, 0.717) is 18.2 Å². The summed E-state index contributed by atoms with van der Waals surface area (Å²) >= 11 is 0. The van der Waals surface area contributed by atoms with E-state index in [9.17, 15) is 10.2 Å². The van der Waals surface area contributed by atoms with Crippen molar-refractivity contribution in [2.45, 2.75) is 75.4 Å². The minimum atomic E-state index is -0.900. The summed E-state index contributed by atoms with van der Waals surface area (Å²) in [6.07, 6.45) is 9.31. The number of hydrogen-bond donors (Lipinski definition) is 3. The van der Waals surface area contributed by atoms with Crippen molar-refractivity contribution in [3.63, 3.8) is 0 Å². The molecule has 0 amide bonds. The fourth-order valence-electron chi connectivity index (χ4n) is 8.78. The number of hydrogen-bond acceptors (Lipinski definition) is 6. The highest BCUT2D eigenvalue weighted by Crippen LogP contribution is 2.69. The Kier molecular flexibility index (Phi) is 4.81. The summed E-state index contributed by atoms with van der Waals surface area (Å²) in [6, 6.07) is 8.43. The predicted octanol–water partition coefficient (Wildman–Crippen LogP) is 4.23. The summed E-state index contributed by atoms with van der Waals surface area (Å²) in [6.45, 7) is 4.66. The Bertz CT molecular complexity index is 1430. The third kappa shape index (κ3) is 2.98. The first-order valence-corrected chi connectivity index (χ1v) is 13.6. The summed E-state index contributed by atoms with van der Waals surface area (Å²) in [4.78, 5) is 6.35. The molecule has 1 aromatic heterocycles. The van der Waals surface area contributed by atoms with Gasteiger partial charge in [0.15, 0.2) is 0 Å². The molecule has 1 saturated heterocycles. The fourth-order valence-corrected chi connectivity index (χ4v) is 8.78. The van der Waals surface area contributed by atoms with Crippen LogP contribution in [0.2, 0.25) is 0 Å². The zero-order valence-corrected chi connectivity index (χ0v) is 22.2. The van der Waals surface area contributed by atoms with Gasteiger partial charge in [0.2, 0.25) is 0 Å². The minimum Gasteiger partial charge on any atom is -0.388 e. The number of nitrogens with zero attached hydrogens (tertiary/aromatic N) is 2. The topological polar surface area (TPSA) is 91.8 Å². The number of aromatic nitrogens is 1. The molecular formula is C31H37N3O3. The molecule has 2 aliphatic heterocycles. The lowest BCUT2D eigenvalue weighted by Gasteiger charge is -2.56. The van der Waals surface area contributed by atoms with Gasteiger partial charge in [-0.05, 0) is 92.9 Å². The maximum absolute atomic E-state index is 11.2. The standard InChI is InChI=1S/C31H37N3O3/c1-17-14-29(2)21(19-6-5-18-12-26(32)33-16-20(18)11-19)7-8-25(29)31-10-9-30(37-31)15-24(34(3)4)28(36)27(35)23(30)13-22(17)31/h5-7,11-13,16,24-25,27-28,35-36H,8-10,14-15H2,1-4H3,(H2,32,33). The monoisotopic (exact) mass is 499 g/mol. The zero-order valence-electron chi connectivity index (χ0n) is 22.2.